The quantitative estimate of drug-likeness (QED) is 0.253. The summed E-state index contributed by atoms with van der Waals surface area (Å²) in [6.07, 6.45) is -0.949. The normalized spacial score (nSPS) is 25.1. The molecule has 1 amide bonds. The van der Waals surface area contributed by atoms with Gasteiger partial charge >= 0.3 is 0 Å². The Morgan fingerprint density at radius 3 is 2.70 bits per heavy atom. The molecule has 2 aliphatic rings. The molecule has 0 aliphatic carbocycles. The Morgan fingerprint density at radius 1 is 1.20 bits per heavy atom. The molecule has 5 atom stereocenters. The van der Waals surface area contributed by atoms with Crippen LogP contribution in [0.25, 0.3) is 11.0 Å². The van der Waals surface area contributed by atoms with Crippen molar-refractivity contribution in [3.05, 3.63) is 46.3 Å². The van der Waals surface area contributed by atoms with Crippen molar-refractivity contribution in [3.8, 4) is 0 Å². The van der Waals surface area contributed by atoms with Gasteiger partial charge < -0.3 is 29.4 Å². The molecule has 0 spiro atoms. The molecule has 12 nitrogen and oxygen atoms in total. The predicted molar refractivity (Wildman–Crippen MR) is 150 cm³/mol. The third-order valence-electron chi connectivity index (χ3n) is 6.53. The number of carbonyl (C=O) groups excluding carboxylic acids is 1. The summed E-state index contributed by atoms with van der Waals surface area (Å²) in [5, 5.41) is 11.9. The second-order valence-corrected chi connectivity index (χ2v) is 13.5. The van der Waals surface area contributed by atoms with E-state index in [1.165, 1.54) is 6.66 Å². The van der Waals surface area contributed by atoms with E-state index in [0.29, 0.717) is 28.4 Å². The average molecular weight is 613 g/mol. The second-order valence-electron chi connectivity index (χ2n) is 10.1. The molecular formula is C25H31Cl2N6O6P. The molecule has 4 heterocycles. The lowest BCUT2D eigenvalue weighted by Crippen LogP contribution is -2.40. The van der Waals surface area contributed by atoms with Gasteiger partial charge in [-0.1, -0.05) is 29.8 Å². The molecule has 0 radical (unpaired) electrons. The number of carbonyl (C=O) groups is 1. The van der Waals surface area contributed by atoms with E-state index in [-0.39, 0.29) is 24.6 Å². The van der Waals surface area contributed by atoms with E-state index in [4.69, 9.17) is 41.9 Å². The van der Waals surface area contributed by atoms with Crippen LogP contribution in [0.15, 0.2) is 30.5 Å². The molecule has 2 N–H and O–H groups in total. The summed E-state index contributed by atoms with van der Waals surface area (Å²) in [5.41, 5.74) is 1.33. The minimum Gasteiger partial charge on any atom is -0.365 e. The highest BCUT2D eigenvalue weighted by Gasteiger charge is 2.56. The maximum absolute atomic E-state index is 12.5. The van der Waals surface area contributed by atoms with Gasteiger partial charge in [-0.25, -0.2) is 4.68 Å². The van der Waals surface area contributed by atoms with Gasteiger partial charge in [0.05, 0.1) is 18.2 Å². The number of aromatic nitrogens is 4. The number of halogens is 2. The van der Waals surface area contributed by atoms with E-state index in [2.05, 4.69) is 25.7 Å². The zero-order valence-electron chi connectivity index (χ0n) is 22.5. The van der Waals surface area contributed by atoms with Crippen LogP contribution in [0.3, 0.4) is 0 Å². The number of anilines is 1. The van der Waals surface area contributed by atoms with Crippen LogP contribution in [-0.2, 0) is 34.6 Å². The number of nitrogens with one attached hydrogen (secondary N) is 2. The summed E-state index contributed by atoms with van der Waals surface area (Å²) in [7, 11) is -3.03. The van der Waals surface area contributed by atoms with Crippen LogP contribution in [0.4, 0.5) is 5.82 Å². The SMILES string of the molecule is CCOP(C)(=O)CC(=O)NC[C@H]1O[C@@H](n2ncc3c(NCc4ccccc4Cl)nc(Cl)nc32)[C@@H]2OC(C)(C)O[C@@H]21. The van der Waals surface area contributed by atoms with Crippen molar-refractivity contribution in [1.82, 2.24) is 25.1 Å². The monoisotopic (exact) mass is 612 g/mol. The third-order valence-corrected chi connectivity index (χ3v) is 8.73. The molecule has 15 heteroatoms. The molecule has 40 heavy (non-hydrogen) atoms. The molecule has 3 aromatic rings. The first-order valence-corrected chi connectivity index (χ1v) is 15.8. The van der Waals surface area contributed by atoms with Gasteiger partial charge in [-0.3, -0.25) is 9.36 Å². The third kappa shape index (κ3) is 6.28. The average Bonchev–Trinajstić information content (AvgIpc) is 3.52. The van der Waals surface area contributed by atoms with Crippen LogP contribution >= 0.6 is 30.6 Å². The summed E-state index contributed by atoms with van der Waals surface area (Å²) in [6, 6.07) is 7.50. The molecule has 216 valence electrons. The number of nitrogens with zero attached hydrogens (tertiary/aromatic N) is 4. The molecule has 1 unspecified atom stereocenters. The number of ether oxygens (including phenoxy) is 3. The largest absolute Gasteiger partial charge is 0.365 e. The van der Waals surface area contributed by atoms with Gasteiger partial charge in [0.1, 0.15) is 30.3 Å². The van der Waals surface area contributed by atoms with Crippen molar-refractivity contribution in [2.24, 2.45) is 0 Å². The summed E-state index contributed by atoms with van der Waals surface area (Å²) >= 11 is 12.6. The molecular weight excluding hydrogens is 582 g/mol. The van der Waals surface area contributed by atoms with Gasteiger partial charge in [0.2, 0.25) is 18.6 Å². The van der Waals surface area contributed by atoms with Crippen LogP contribution in [0.2, 0.25) is 10.3 Å². The summed E-state index contributed by atoms with van der Waals surface area (Å²) in [5.74, 6) is -0.800. The van der Waals surface area contributed by atoms with E-state index >= 15 is 0 Å². The Hall–Kier alpha value is -2.31. The summed E-state index contributed by atoms with van der Waals surface area (Å²) in [6.45, 7) is 7.59. The lowest BCUT2D eigenvalue weighted by Gasteiger charge is -2.24. The first-order chi connectivity index (χ1) is 19.0. The number of amides is 1. The topological polar surface area (TPSA) is 139 Å². The van der Waals surface area contributed by atoms with E-state index < -0.39 is 43.6 Å². The molecule has 1 aromatic carbocycles. The van der Waals surface area contributed by atoms with Crippen molar-refractivity contribution in [1.29, 1.82) is 0 Å². The molecule has 0 saturated carbocycles. The van der Waals surface area contributed by atoms with Gasteiger partial charge in [0, 0.05) is 24.8 Å². The van der Waals surface area contributed by atoms with Crippen molar-refractivity contribution in [3.63, 3.8) is 0 Å². The maximum Gasteiger partial charge on any atom is 0.229 e. The Labute approximate surface area is 241 Å². The standard InChI is InChI=1S/C25H31Cl2N6O6P/c1-5-36-40(4,35)13-18(34)28-12-17-19-20(39-25(2,3)38-19)23(37-17)33-22-15(11-30-33)21(31-24(27)32-22)29-10-14-8-6-7-9-16(14)26/h6-9,11,17,19-20,23H,5,10,12-13H2,1-4H3,(H,28,34)(H,29,31,32)/t17-,19-,20-,23-,40?/m1/s1. The first-order valence-electron chi connectivity index (χ1n) is 12.8. The lowest BCUT2D eigenvalue weighted by molar-refractivity contribution is -0.197. The molecule has 2 aliphatic heterocycles. The molecule has 5 rings (SSSR count). The van der Waals surface area contributed by atoms with Crippen LogP contribution in [-0.4, -0.2) is 75.7 Å². The van der Waals surface area contributed by atoms with Crippen LogP contribution in [0, 0.1) is 0 Å². The fourth-order valence-electron chi connectivity index (χ4n) is 4.91. The minimum absolute atomic E-state index is 0.0245. The molecule has 2 aromatic heterocycles. The smallest absolute Gasteiger partial charge is 0.229 e. The fourth-order valence-corrected chi connectivity index (χ4v) is 6.55. The number of hydrogen-bond acceptors (Lipinski definition) is 10. The lowest BCUT2D eigenvalue weighted by atomic mass is 10.1. The molecule has 2 saturated heterocycles. The van der Waals surface area contributed by atoms with Gasteiger partial charge in [0.15, 0.2) is 17.7 Å². The molecule has 2 fully saturated rings. The highest BCUT2D eigenvalue weighted by Crippen LogP contribution is 2.44. The van der Waals surface area contributed by atoms with E-state index in [1.54, 1.807) is 17.8 Å². The summed E-state index contributed by atoms with van der Waals surface area (Å²) in [4.78, 5) is 21.3. The van der Waals surface area contributed by atoms with Crippen molar-refractivity contribution >= 4 is 53.3 Å². The first kappa shape index (κ1) is 29.2. The predicted octanol–water partition coefficient (Wildman–Crippen LogP) is 4.22. The van der Waals surface area contributed by atoms with Gasteiger partial charge in [-0.2, -0.15) is 15.1 Å². The Morgan fingerprint density at radius 2 is 1.95 bits per heavy atom. The zero-order valence-corrected chi connectivity index (χ0v) is 24.9. The highest BCUT2D eigenvalue weighted by molar-refractivity contribution is 7.59. The Balaban J connectivity index is 1.37. The number of hydrogen-bond donors (Lipinski definition) is 2. The van der Waals surface area contributed by atoms with Crippen molar-refractivity contribution in [2.45, 2.75) is 57.6 Å². The minimum atomic E-state index is -3.03. The number of rotatable bonds is 10. The van der Waals surface area contributed by atoms with Crippen LogP contribution < -0.4 is 10.6 Å². The number of fused-ring (bicyclic) bond motifs is 2. The van der Waals surface area contributed by atoms with Crippen LogP contribution in [0.5, 0.6) is 0 Å². The van der Waals surface area contributed by atoms with Gasteiger partial charge in [0.25, 0.3) is 0 Å². The van der Waals surface area contributed by atoms with E-state index in [1.807, 2.05) is 38.1 Å². The number of benzene rings is 1. The van der Waals surface area contributed by atoms with Crippen molar-refractivity contribution in [2.75, 3.05) is 31.3 Å². The van der Waals surface area contributed by atoms with E-state index in [0.717, 1.165) is 5.56 Å². The second kappa shape index (κ2) is 11.5. The van der Waals surface area contributed by atoms with E-state index in [9.17, 15) is 9.36 Å². The van der Waals surface area contributed by atoms with Crippen LogP contribution in [0.1, 0.15) is 32.6 Å². The van der Waals surface area contributed by atoms with Crippen molar-refractivity contribution < 1.29 is 28.1 Å². The Bertz CT molecular complexity index is 1450. The zero-order chi connectivity index (χ0) is 28.7. The highest BCUT2D eigenvalue weighted by atomic mass is 35.5. The van der Waals surface area contributed by atoms with Gasteiger partial charge in [-0.05, 0) is 44.0 Å². The maximum atomic E-state index is 12.5. The summed E-state index contributed by atoms with van der Waals surface area (Å²) < 4.78 is 37.9. The van der Waals surface area contributed by atoms with Gasteiger partial charge in [-0.15, -0.1) is 0 Å². The molecule has 0 bridgehead atoms. The fraction of sp³-hybridized carbons (Fsp3) is 0.520. The Kier molecular flexibility index (Phi) is 8.41.